The Morgan fingerprint density at radius 2 is 2.05 bits per heavy atom. The molecule has 0 unspecified atom stereocenters. The van der Waals surface area contributed by atoms with Gasteiger partial charge < -0.3 is 15.8 Å². The number of nitrogens with one attached hydrogen (secondary N) is 1. The van der Waals surface area contributed by atoms with Gasteiger partial charge in [0.2, 0.25) is 0 Å². The molecule has 7 nitrogen and oxygen atoms in total. The van der Waals surface area contributed by atoms with Crippen LogP contribution in [-0.4, -0.2) is 31.7 Å². The highest BCUT2D eigenvalue weighted by atomic mass is 32.2. The molecule has 1 amide bonds. The minimum absolute atomic E-state index is 0.192. The number of carbonyl (C=O) groups is 2. The number of thioether (sulfide) groups is 1. The molecule has 2 rings (SSSR count). The zero-order valence-electron chi connectivity index (χ0n) is 11.5. The number of H-pyrrole nitrogens is 1. The summed E-state index contributed by atoms with van der Waals surface area (Å²) in [7, 11) is 0. The average Bonchev–Trinajstić information content (AvgIpc) is 2.66. The zero-order chi connectivity index (χ0) is 15.9. The van der Waals surface area contributed by atoms with E-state index in [9.17, 15) is 14.4 Å². The van der Waals surface area contributed by atoms with Crippen molar-refractivity contribution in [1.82, 2.24) is 9.97 Å². The number of rotatable bonds is 4. The number of hydrogen-bond acceptors (Lipinski definition) is 6. The molecule has 2 heterocycles. The number of primary amides is 1. The van der Waals surface area contributed by atoms with E-state index >= 15 is 0 Å². The molecule has 0 aliphatic carbocycles. The zero-order valence-corrected chi connectivity index (χ0v) is 13.1. The third kappa shape index (κ3) is 2.79. The predicted molar refractivity (Wildman–Crippen MR) is 81.1 cm³/mol. The first-order chi connectivity index (χ1) is 9.63. The van der Waals surface area contributed by atoms with Crippen molar-refractivity contribution in [2.45, 2.75) is 30.7 Å². The molecule has 0 saturated carbocycles. The molecule has 2 aromatic rings. The van der Waals surface area contributed by atoms with E-state index in [2.05, 4.69) is 9.97 Å². The first-order valence-corrected chi connectivity index (χ1v) is 7.52. The maximum atomic E-state index is 12.1. The number of aromatic nitrogens is 2. The van der Waals surface area contributed by atoms with Gasteiger partial charge in [0.1, 0.15) is 9.58 Å². The second-order valence-corrected chi connectivity index (χ2v) is 7.50. The Hall–Kier alpha value is -1.87. The summed E-state index contributed by atoms with van der Waals surface area (Å²) in [6, 6.07) is 0. The summed E-state index contributed by atoms with van der Waals surface area (Å²) in [5, 5.41) is 9.61. The first kappa shape index (κ1) is 15.5. The van der Waals surface area contributed by atoms with Crippen molar-refractivity contribution < 1.29 is 14.7 Å². The minimum Gasteiger partial charge on any atom is -0.480 e. The van der Waals surface area contributed by atoms with E-state index in [1.807, 2.05) is 0 Å². The van der Waals surface area contributed by atoms with Gasteiger partial charge >= 0.3 is 5.97 Å². The maximum absolute atomic E-state index is 12.1. The van der Waals surface area contributed by atoms with E-state index in [4.69, 9.17) is 10.8 Å². The highest BCUT2D eigenvalue weighted by molar-refractivity contribution is 8.01. The molecule has 0 aliphatic heterocycles. The van der Waals surface area contributed by atoms with Gasteiger partial charge in [-0.1, -0.05) is 11.8 Å². The fourth-order valence-corrected chi connectivity index (χ4v) is 3.64. The first-order valence-electron chi connectivity index (χ1n) is 5.89. The summed E-state index contributed by atoms with van der Waals surface area (Å²) < 4.78 is -1.14. The van der Waals surface area contributed by atoms with E-state index in [0.29, 0.717) is 15.8 Å². The van der Waals surface area contributed by atoms with Crippen LogP contribution in [0.3, 0.4) is 0 Å². The Balaban J connectivity index is 2.59. The van der Waals surface area contributed by atoms with Crippen LogP contribution in [0.5, 0.6) is 0 Å². The average molecular weight is 327 g/mol. The second kappa shape index (κ2) is 5.15. The quantitative estimate of drug-likeness (QED) is 0.575. The summed E-state index contributed by atoms with van der Waals surface area (Å²) in [6.45, 7) is 4.65. The van der Waals surface area contributed by atoms with Crippen LogP contribution in [0, 0.1) is 6.92 Å². The number of aryl methyl sites for hydroxylation is 1. The summed E-state index contributed by atoms with van der Waals surface area (Å²) in [5.41, 5.74) is 5.34. The molecule has 0 radical (unpaired) electrons. The topological polar surface area (TPSA) is 126 Å². The highest BCUT2D eigenvalue weighted by Crippen LogP contribution is 2.32. The lowest BCUT2D eigenvalue weighted by Gasteiger charge is -2.16. The van der Waals surface area contributed by atoms with Crippen molar-refractivity contribution in [3.8, 4) is 0 Å². The van der Waals surface area contributed by atoms with Gasteiger partial charge in [0.15, 0.2) is 5.16 Å². The van der Waals surface area contributed by atoms with E-state index < -0.39 is 22.2 Å². The van der Waals surface area contributed by atoms with Gasteiger partial charge in [0, 0.05) is 0 Å². The van der Waals surface area contributed by atoms with Gasteiger partial charge in [0.25, 0.3) is 11.5 Å². The number of nitrogens with zero attached hydrogens (tertiary/aromatic N) is 1. The lowest BCUT2D eigenvalue weighted by atomic mass is 10.2. The van der Waals surface area contributed by atoms with Crippen molar-refractivity contribution in [3.05, 3.63) is 20.8 Å². The molecule has 2 aromatic heterocycles. The lowest BCUT2D eigenvalue weighted by molar-refractivity contribution is -0.138. The normalized spacial score (nSPS) is 11.8. The van der Waals surface area contributed by atoms with Crippen LogP contribution < -0.4 is 11.3 Å². The third-order valence-corrected chi connectivity index (χ3v) is 5.14. The Kier molecular flexibility index (Phi) is 3.81. The molecule has 112 valence electrons. The molecule has 0 atom stereocenters. The highest BCUT2D eigenvalue weighted by Gasteiger charge is 2.30. The number of aliphatic carboxylic acids is 1. The monoisotopic (exact) mass is 327 g/mol. The number of nitrogens with two attached hydrogens (primary N) is 1. The number of aromatic amines is 1. The fourth-order valence-electron chi connectivity index (χ4n) is 1.69. The van der Waals surface area contributed by atoms with Gasteiger partial charge in [-0.3, -0.25) is 14.4 Å². The number of carbonyl (C=O) groups excluding carboxylic acids is 1. The largest absolute Gasteiger partial charge is 0.480 e. The number of hydrogen-bond donors (Lipinski definition) is 3. The van der Waals surface area contributed by atoms with Crippen LogP contribution in [0.1, 0.15) is 29.1 Å². The van der Waals surface area contributed by atoms with Crippen LogP contribution in [0.25, 0.3) is 10.2 Å². The number of thiophene rings is 1. The Morgan fingerprint density at radius 1 is 1.43 bits per heavy atom. The van der Waals surface area contributed by atoms with Crippen LogP contribution in [0.4, 0.5) is 0 Å². The Bertz CT molecular complexity index is 807. The summed E-state index contributed by atoms with van der Waals surface area (Å²) in [4.78, 5) is 42.0. The summed E-state index contributed by atoms with van der Waals surface area (Å²) in [5.74, 6) is -1.63. The number of carboxylic acid groups (broad SMARTS) is 1. The second-order valence-electron chi connectivity index (χ2n) is 4.89. The van der Waals surface area contributed by atoms with Crippen molar-refractivity contribution >= 4 is 45.2 Å². The van der Waals surface area contributed by atoms with Gasteiger partial charge in [-0.2, -0.15) is 0 Å². The molecule has 0 fully saturated rings. The van der Waals surface area contributed by atoms with Crippen LogP contribution in [0.15, 0.2) is 9.95 Å². The summed E-state index contributed by atoms with van der Waals surface area (Å²) in [6.07, 6.45) is 0. The van der Waals surface area contributed by atoms with Crippen LogP contribution in [0.2, 0.25) is 0 Å². The van der Waals surface area contributed by atoms with Gasteiger partial charge in [-0.25, -0.2) is 4.98 Å². The van der Waals surface area contributed by atoms with Gasteiger partial charge in [-0.05, 0) is 26.3 Å². The third-order valence-electron chi connectivity index (χ3n) is 2.87. The van der Waals surface area contributed by atoms with E-state index in [0.717, 1.165) is 23.1 Å². The van der Waals surface area contributed by atoms with Crippen molar-refractivity contribution in [2.75, 3.05) is 0 Å². The van der Waals surface area contributed by atoms with Crippen molar-refractivity contribution in [3.63, 3.8) is 0 Å². The molecular formula is C12H13N3O4S2. The van der Waals surface area contributed by atoms with Crippen LogP contribution in [-0.2, 0) is 4.79 Å². The summed E-state index contributed by atoms with van der Waals surface area (Å²) >= 11 is 1.96. The molecule has 21 heavy (non-hydrogen) atoms. The van der Waals surface area contributed by atoms with Crippen molar-refractivity contribution in [1.29, 1.82) is 0 Å². The van der Waals surface area contributed by atoms with Gasteiger partial charge in [-0.15, -0.1) is 11.3 Å². The number of amides is 1. The van der Waals surface area contributed by atoms with E-state index in [1.54, 1.807) is 6.92 Å². The Morgan fingerprint density at radius 3 is 2.57 bits per heavy atom. The maximum Gasteiger partial charge on any atom is 0.319 e. The molecule has 4 N–H and O–H groups in total. The smallest absolute Gasteiger partial charge is 0.319 e. The molecule has 9 heteroatoms. The molecule has 0 spiro atoms. The van der Waals surface area contributed by atoms with Crippen molar-refractivity contribution in [2.24, 2.45) is 5.73 Å². The fraction of sp³-hybridized carbons (Fsp3) is 0.333. The van der Waals surface area contributed by atoms with Gasteiger partial charge in [0.05, 0.1) is 10.3 Å². The minimum atomic E-state index is -1.14. The standard InChI is InChI=1S/C12H13N3O4S2/c1-4-5-8(17)14-11(21-12(2,3)10(18)19)15-9(5)20-6(4)7(13)16/h1-3H3,(H2,13,16)(H,18,19)(H,14,15,17). The lowest BCUT2D eigenvalue weighted by Crippen LogP contribution is -2.27. The Labute approximate surface area is 127 Å². The van der Waals surface area contributed by atoms with E-state index in [-0.39, 0.29) is 10.0 Å². The molecule has 0 aromatic carbocycles. The van der Waals surface area contributed by atoms with E-state index in [1.165, 1.54) is 13.8 Å². The molecule has 0 bridgehead atoms. The molecule has 0 aliphatic rings. The number of carboxylic acids is 1. The number of fused-ring (bicyclic) bond motifs is 1. The molecule has 0 saturated heterocycles. The SMILES string of the molecule is Cc1c(C(N)=O)sc2nc(SC(C)(C)C(=O)O)[nH]c(=O)c12. The van der Waals surface area contributed by atoms with Crippen LogP contribution >= 0.6 is 23.1 Å². The predicted octanol–water partition coefficient (Wildman–Crippen LogP) is 1.35. The molecular weight excluding hydrogens is 314 g/mol.